The minimum atomic E-state index is -0.294. The van der Waals surface area contributed by atoms with Crippen molar-refractivity contribution in [2.24, 2.45) is 0 Å². The highest BCUT2D eigenvalue weighted by molar-refractivity contribution is 5.64. The van der Waals surface area contributed by atoms with E-state index < -0.39 is 0 Å². The van der Waals surface area contributed by atoms with Crippen LogP contribution in [-0.4, -0.2) is 29.2 Å². The number of benzene rings is 2. The fourth-order valence-corrected chi connectivity index (χ4v) is 3.11. The van der Waals surface area contributed by atoms with Gasteiger partial charge in [0.25, 0.3) is 0 Å². The lowest BCUT2D eigenvalue weighted by Crippen LogP contribution is -2.37. The third-order valence-electron chi connectivity index (χ3n) is 4.77. The summed E-state index contributed by atoms with van der Waals surface area (Å²) < 4.78 is 13.9. The van der Waals surface area contributed by atoms with Gasteiger partial charge < -0.3 is 21.3 Å². The van der Waals surface area contributed by atoms with Crippen molar-refractivity contribution in [1.29, 1.82) is 0 Å². The Labute approximate surface area is 191 Å². The van der Waals surface area contributed by atoms with Crippen LogP contribution in [0.2, 0.25) is 0 Å². The van der Waals surface area contributed by atoms with Gasteiger partial charge in [-0.1, -0.05) is 56.3 Å². The number of aryl methyl sites for hydroxylation is 1. The molecule has 0 amide bonds. The molecule has 0 aliphatic carbocycles. The predicted octanol–water partition coefficient (Wildman–Crippen LogP) is 5.55. The molecule has 0 atom stereocenters. The average molecular weight is 439 g/mol. The van der Waals surface area contributed by atoms with Crippen molar-refractivity contribution < 1.29 is 4.39 Å². The van der Waals surface area contributed by atoms with Gasteiger partial charge in [0.2, 0.25) is 5.95 Å². The summed E-state index contributed by atoms with van der Waals surface area (Å²) in [6.45, 7) is 9.20. The van der Waals surface area contributed by atoms with Crippen LogP contribution in [0.5, 0.6) is 0 Å². The number of aromatic nitrogens is 2. The Morgan fingerprint density at radius 1 is 1.00 bits per heavy atom. The van der Waals surface area contributed by atoms with Crippen molar-refractivity contribution in [1.82, 2.24) is 9.97 Å². The van der Waals surface area contributed by atoms with E-state index in [9.17, 15) is 4.39 Å². The maximum absolute atomic E-state index is 13.9. The van der Waals surface area contributed by atoms with Gasteiger partial charge >= 0.3 is 0 Å². The zero-order valence-corrected chi connectivity index (χ0v) is 19.5. The first kappa shape index (κ1) is 24.9. The second-order valence-corrected chi connectivity index (χ2v) is 7.37. The number of nitrogens with one attached hydrogen (secondary N) is 2. The molecular weight excluding hydrogens is 403 g/mol. The van der Waals surface area contributed by atoms with Crippen molar-refractivity contribution >= 4 is 23.1 Å². The highest BCUT2D eigenvalue weighted by atomic mass is 19.1. The van der Waals surface area contributed by atoms with Crippen LogP contribution in [-0.2, 0) is 6.42 Å². The first-order valence-electron chi connectivity index (χ1n) is 11.2. The average Bonchev–Trinajstić information content (AvgIpc) is 2.81. The van der Waals surface area contributed by atoms with E-state index in [0.717, 1.165) is 19.4 Å². The highest BCUT2D eigenvalue weighted by Crippen LogP contribution is 2.24. The summed E-state index contributed by atoms with van der Waals surface area (Å²) in [5, 5.41) is 6.40. The molecule has 3 rings (SSSR count). The van der Waals surface area contributed by atoms with Crippen molar-refractivity contribution in [2.45, 2.75) is 46.6 Å². The lowest BCUT2D eigenvalue weighted by Gasteiger charge is -2.29. The molecule has 0 saturated heterocycles. The summed E-state index contributed by atoms with van der Waals surface area (Å²) in [5.41, 5.74) is 8.39. The standard InChI is InChI=1S/C23H29FN6.C2H6/c1-17(2)30(16-28-21-13-7-6-12-19(21)24)22-20(25)15-27-23(29-22)26-14-8-11-18-9-4-3-5-10-18;1-2/h3-7,9-10,12-13,15,17,28H,8,11,14,16,25H2,1-2H3,(H,26,27,29);1-2H3. The zero-order valence-electron chi connectivity index (χ0n) is 19.5. The minimum Gasteiger partial charge on any atom is -0.394 e. The van der Waals surface area contributed by atoms with Crippen LogP contribution >= 0.6 is 0 Å². The Balaban J connectivity index is 0.00000176. The summed E-state index contributed by atoms with van der Waals surface area (Å²) in [5.74, 6) is 0.857. The maximum Gasteiger partial charge on any atom is 0.224 e. The summed E-state index contributed by atoms with van der Waals surface area (Å²) >= 11 is 0. The lowest BCUT2D eigenvalue weighted by atomic mass is 10.1. The van der Waals surface area contributed by atoms with Gasteiger partial charge in [-0.25, -0.2) is 9.37 Å². The number of anilines is 4. The highest BCUT2D eigenvalue weighted by Gasteiger charge is 2.17. The molecule has 0 aliphatic rings. The van der Waals surface area contributed by atoms with Crippen molar-refractivity contribution in [2.75, 3.05) is 34.5 Å². The van der Waals surface area contributed by atoms with Crippen LogP contribution < -0.4 is 21.3 Å². The number of nitrogens with two attached hydrogens (primary N) is 1. The topological polar surface area (TPSA) is 79.1 Å². The predicted molar refractivity (Wildman–Crippen MR) is 134 cm³/mol. The van der Waals surface area contributed by atoms with Crippen molar-refractivity contribution in [3.63, 3.8) is 0 Å². The molecule has 0 radical (unpaired) electrons. The molecule has 0 saturated carbocycles. The molecule has 6 nitrogen and oxygen atoms in total. The molecule has 0 aliphatic heterocycles. The molecule has 32 heavy (non-hydrogen) atoms. The van der Waals surface area contributed by atoms with Gasteiger partial charge in [0, 0.05) is 12.6 Å². The number of halogens is 1. The van der Waals surface area contributed by atoms with Crippen LogP contribution in [0.4, 0.5) is 27.5 Å². The molecule has 4 N–H and O–H groups in total. The molecule has 172 valence electrons. The second kappa shape index (κ2) is 13.1. The number of nitrogen functional groups attached to an aromatic ring is 1. The molecule has 2 aromatic carbocycles. The monoisotopic (exact) mass is 438 g/mol. The summed E-state index contributed by atoms with van der Waals surface area (Å²) in [6, 6.07) is 17.1. The minimum absolute atomic E-state index is 0.104. The van der Waals surface area contributed by atoms with E-state index in [1.54, 1.807) is 24.4 Å². The molecule has 0 bridgehead atoms. The third-order valence-corrected chi connectivity index (χ3v) is 4.77. The maximum atomic E-state index is 13.9. The number of para-hydroxylation sites is 1. The smallest absolute Gasteiger partial charge is 0.224 e. The molecule has 7 heteroatoms. The van der Waals surface area contributed by atoms with Gasteiger partial charge in [0.1, 0.15) is 5.82 Å². The van der Waals surface area contributed by atoms with Gasteiger partial charge in [-0.3, -0.25) is 0 Å². The fraction of sp³-hybridized carbons (Fsp3) is 0.360. The van der Waals surface area contributed by atoms with Gasteiger partial charge in [0.05, 0.1) is 24.2 Å². The normalized spacial score (nSPS) is 10.3. The third kappa shape index (κ3) is 7.41. The van der Waals surface area contributed by atoms with Gasteiger partial charge in [-0.2, -0.15) is 4.98 Å². The van der Waals surface area contributed by atoms with Crippen LogP contribution in [0.1, 0.15) is 39.7 Å². The molecule has 3 aromatic rings. The quantitative estimate of drug-likeness (QED) is 0.284. The second-order valence-electron chi connectivity index (χ2n) is 7.37. The van der Waals surface area contributed by atoms with Gasteiger partial charge in [-0.15, -0.1) is 0 Å². The number of hydrogen-bond acceptors (Lipinski definition) is 6. The first-order chi connectivity index (χ1) is 15.5. The van der Waals surface area contributed by atoms with Gasteiger partial charge in [-0.05, 0) is 44.4 Å². The van der Waals surface area contributed by atoms with Crippen LogP contribution in [0, 0.1) is 5.82 Å². The molecular formula is C25H35FN6. The van der Waals surface area contributed by atoms with Gasteiger partial charge in [0.15, 0.2) is 5.82 Å². The van der Waals surface area contributed by atoms with Crippen molar-refractivity contribution in [3.05, 3.63) is 72.2 Å². The van der Waals surface area contributed by atoms with Crippen LogP contribution in [0.15, 0.2) is 60.8 Å². The lowest BCUT2D eigenvalue weighted by molar-refractivity contribution is 0.627. The Bertz CT molecular complexity index is 933. The molecule has 1 heterocycles. The van der Waals surface area contributed by atoms with E-state index in [1.807, 2.05) is 50.8 Å². The van der Waals surface area contributed by atoms with E-state index in [0.29, 0.717) is 29.8 Å². The zero-order chi connectivity index (χ0) is 23.3. The molecule has 0 fully saturated rings. The molecule has 0 unspecified atom stereocenters. The molecule has 0 spiro atoms. The Morgan fingerprint density at radius 3 is 2.38 bits per heavy atom. The summed E-state index contributed by atoms with van der Waals surface area (Å²) in [7, 11) is 0. The molecule has 1 aromatic heterocycles. The van der Waals surface area contributed by atoms with Crippen LogP contribution in [0.25, 0.3) is 0 Å². The van der Waals surface area contributed by atoms with Crippen molar-refractivity contribution in [3.8, 4) is 0 Å². The Kier molecular flexibility index (Phi) is 10.2. The Morgan fingerprint density at radius 2 is 1.69 bits per heavy atom. The Hall–Kier alpha value is -3.35. The van der Waals surface area contributed by atoms with E-state index in [1.165, 1.54) is 11.6 Å². The van der Waals surface area contributed by atoms with E-state index in [2.05, 4.69) is 32.7 Å². The van der Waals surface area contributed by atoms with Crippen LogP contribution in [0.3, 0.4) is 0 Å². The number of rotatable bonds is 10. The number of nitrogens with zero attached hydrogens (tertiary/aromatic N) is 3. The number of hydrogen-bond donors (Lipinski definition) is 3. The largest absolute Gasteiger partial charge is 0.394 e. The fourth-order valence-electron chi connectivity index (χ4n) is 3.11. The summed E-state index contributed by atoms with van der Waals surface area (Å²) in [6.07, 6.45) is 3.57. The van der Waals surface area contributed by atoms with E-state index in [-0.39, 0.29) is 11.9 Å². The SMILES string of the molecule is CC.CC(C)N(CNc1ccccc1F)c1nc(NCCCc2ccccc2)ncc1N. The summed E-state index contributed by atoms with van der Waals surface area (Å²) in [4.78, 5) is 10.9. The van der Waals surface area contributed by atoms with E-state index >= 15 is 0 Å². The first-order valence-corrected chi connectivity index (χ1v) is 11.2. The van der Waals surface area contributed by atoms with E-state index in [4.69, 9.17) is 5.73 Å².